The van der Waals surface area contributed by atoms with Crippen LogP contribution < -0.4 is 10.6 Å². The number of hydrogen-bond acceptors (Lipinski definition) is 6. The van der Waals surface area contributed by atoms with Crippen molar-refractivity contribution in [1.29, 1.82) is 0 Å². The highest BCUT2D eigenvalue weighted by molar-refractivity contribution is 5.41. The lowest BCUT2D eigenvalue weighted by Gasteiger charge is -2.32. The fourth-order valence-corrected chi connectivity index (χ4v) is 1.99. The number of aliphatic hydroxyl groups is 1. The molecule has 0 bridgehead atoms. The molecule has 0 spiro atoms. The first kappa shape index (κ1) is 12.1. The lowest BCUT2D eigenvalue weighted by atomic mass is 10.1. The third-order valence-electron chi connectivity index (χ3n) is 2.85. The molecule has 0 aromatic carbocycles. The van der Waals surface area contributed by atoms with E-state index in [9.17, 15) is 0 Å². The predicted molar refractivity (Wildman–Crippen MR) is 64.7 cm³/mol. The molecule has 17 heavy (non-hydrogen) atoms. The van der Waals surface area contributed by atoms with Gasteiger partial charge in [0.2, 0.25) is 0 Å². The van der Waals surface area contributed by atoms with Gasteiger partial charge in [0.25, 0.3) is 0 Å². The smallest absolute Gasteiger partial charge is 0.149 e. The van der Waals surface area contributed by atoms with Gasteiger partial charge in [-0.05, 0) is 12.8 Å². The molecule has 1 aliphatic rings. The van der Waals surface area contributed by atoms with Crippen molar-refractivity contribution in [2.75, 3.05) is 36.9 Å². The van der Waals surface area contributed by atoms with Crippen LogP contribution in [-0.4, -0.2) is 47.5 Å². The highest BCUT2D eigenvalue weighted by Crippen LogP contribution is 2.19. The number of nitrogens with zero attached hydrogens (tertiary/aromatic N) is 3. The number of aromatic nitrogens is 2. The van der Waals surface area contributed by atoms with Gasteiger partial charge in [-0.25, -0.2) is 4.98 Å². The van der Waals surface area contributed by atoms with Gasteiger partial charge in [0.1, 0.15) is 11.6 Å². The monoisotopic (exact) mass is 238 g/mol. The lowest BCUT2D eigenvalue weighted by molar-refractivity contribution is 0.0158. The van der Waals surface area contributed by atoms with Crippen LogP contribution >= 0.6 is 0 Å². The van der Waals surface area contributed by atoms with Crippen LogP contribution in [0.3, 0.4) is 0 Å². The number of anilines is 2. The molecule has 1 aromatic heterocycles. The Labute approximate surface area is 100 Å². The number of nitrogens with two attached hydrogens (primary N) is 1. The van der Waals surface area contributed by atoms with Gasteiger partial charge in [-0.15, -0.1) is 0 Å². The van der Waals surface area contributed by atoms with Crippen LogP contribution in [0.25, 0.3) is 0 Å². The molecule has 1 fully saturated rings. The second-order valence-electron chi connectivity index (χ2n) is 4.08. The van der Waals surface area contributed by atoms with Gasteiger partial charge in [0, 0.05) is 13.1 Å². The minimum Gasteiger partial charge on any atom is -0.394 e. The van der Waals surface area contributed by atoms with Crippen molar-refractivity contribution in [3.8, 4) is 0 Å². The summed E-state index contributed by atoms with van der Waals surface area (Å²) in [6.45, 7) is 2.27. The molecule has 2 heterocycles. The summed E-state index contributed by atoms with van der Waals surface area (Å²) in [5, 5.41) is 8.69. The van der Waals surface area contributed by atoms with E-state index in [0.29, 0.717) is 12.4 Å². The second kappa shape index (κ2) is 5.79. The standard InChI is InChI=1S/C11H18N4O2/c12-10-7-13-8-11(14-10)15-3-1-9(2-4-15)17-6-5-16/h7-9,16H,1-6H2,(H2,12,14). The number of hydrogen-bond donors (Lipinski definition) is 2. The quantitative estimate of drug-likeness (QED) is 0.770. The molecule has 2 rings (SSSR count). The molecule has 0 aliphatic carbocycles. The Hall–Kier alpha value is -1.40. The van der Waals surface area contributed by atoms with Gasteiger partial charge in [-0.2, -0.15) is 0 Å². The molecule has 3 N–H and O–H groups in total. The third kappa shape index (κ3) is 3.28. The van der Waals surface area contributed by atoms with E-state index in [1.807, 2.05) is 0 Å². The number of ether oxygens (including phenoxy) is 1. The summed E-state index contributed by atoms with van der Waals surface area (Å²) in [7, 11) is 0. The second-order valence-corrected chi connectivity index (χ2v) is 4.08. The van der Waals surface area contributed by atoms with E-state index in [1.54, 1.807) is 12.4 Å². The Morgan fingerprint density at radius 3 is 2.82 bits per heavy atom. The van der Waals surface area contributed by atoms with Crippen molar-refractivity contribution in [3.05, 3.63) is 12.4 Å². The Balaban J connectivity index is 1.86. The minimum absolute atomic E-state index is 0.0842. The number of piperidine rings is 1. The molecule has 0 unspecified atom stereocenters. The first-order valence-electron chi connectivity index (χ1n) is 5.84. The molecule has 0 radical (unpaired) electrons. The highest BCUT2D eigenvalue weighted by Gasteiger charge is 2.20. The Morgan fingerprint density at radius 1 is 1.41 bits per heavy atom. The van der Waals surface area contributed by atoms with Crippen molar-refractivity contribution in [2.24, 2.45) is 0 Å². The average Bonchev–Trinajstić information content (AvgIpc) is 2.37. The van der Waals surface area contributed by atoms with E-state index >= 15 is 0 Å². The summed E-state index contributed by atoms with van der Waals surface area (Å²) >= 11 is 0. The lowest BCUT2D eigenvalue weighted by Crippen LogP contribution is -2.38. The largest absolute Gasteiger partial charge is 0.394 e. The summed E-state index contributed by atoms with van der Waals surface area (Å²) in [6, 6.07) is 0. The number of aliphatic hydroxyl groups excluding tert-OH is 1. The maximum absolute atomic E-state index is 8.69. The molecule has 0 atom stereocenters. The van der Waals surface area contributed by atoms with Gasteiger partial charge in [-0.3, -0.25) is 4.98 Å². The fourth-order valence-electron chi connectivity index (χ4n) is 1.99. The van der Waals surface area contributed by atoms with Crippen LogP contribution in [0.1, 0.15) is 12.8 Å². The summed E-state index contributed by atoms with van der Waals surface area (Å²) < 4.78 is 5.50. The third-order valence-corrected chi connectivity index (χ3v) is 2.85. The topological polar surface area (TPSA) is 84.5 Å². The number of nitrogen functional groups attached to an aromatic ring is 1. The van der Waals surface area contributed by atoms with Crippen LogP contribution in [0.15, 0.2) is 12.4 Å². The number of rotatable bonds is 4. The zero-order valence-corrected chi connectivity index (χ0v) is 9.75. The Bertz CT molecular complexity index is 353. The first-order chi connectivity index (χ1) is 8.29. The van der Waals surface area contributed by atoms with E-state index in [0.717, 1.165) is 31.7 Å². The van der Waals surface area contributed by atoms with Gasteiger partial charge in [0.05, 0.1) is 31.7 Å². The SMILES string of the molecule is Nc1cncc(N2CCC(OCCO)CC2)n1. The Kier molecular flexibility index (Phi) is 4.11. The van der Waals surface area contributed by atoms with E-state index < -0.39 is 0 Å². The Morgan fingerprint density at radius 2 is 2.18 bits per heavy atom. The molecule has 0 saturated carbocycles. The normalized spacial score (nSPS) is 17.4. The van der Waals surface area contributed by atoms with Crippen molar-refractivity contribution < 1.29 is 9.84 Å². The van der Waals surface area contributed by atoms with Crippen LogP contribution in [0.5, 0.6) is 0 Å². The van der Waals surface area contributed by atoms with Crippen molar-refractivity contribution in [1.82, 2.24) is 9.97 Å². The summed E-state index contributed by atoms with van der Waals surface area (Å²) in [5.41, 5.74) is 5.61. The molecular formula is C11H18N4O2. The van der Waals surface area contributed by atoms with Crippen molar-refractivity contribution in [2.45, 2.75) is 18.9 Å². The maximum atomic E-state index is 8.69. The molecular weight excluding hydrogens is 220 g/mol. The fraction of sp³-hybridized carbons (Fsp3) is 0.636. The van der Waals surface area contributed by atoms with Crippen LogP contribution in [0.2, 0.25) is 0 Å². The van der Waals surface area contributed by atoms with Crippen molar-refractivity contribution in [3.63, 3.8) is 0 Å². The zero-order valence-electron chi connectivity index (χ0n) is 9.75. The molecule has 94 valence electrons. The van der Waals surface area contributed by atoms with Gasteiger partial charge >= 0.3 is 0 Å². The average molecular weight is 238 g/mol. The van der Waals surface area contributed by atoms with E-state index in [2.05, 4.69) is 14.9 Å². The first-order valence-corrected chi connectivity index (χ1v) is 5.84. The molecule has 6 heteroatoms. The van der Waals surface area contributed by atoms with Gasteiger partial charge < -0.3 is 20.5 Å². The van der Waals surface area contributed by atoms with Crippen LogP contribution in [-0.2, 0) is 4.74 Å². The van der Waals surface area contributed by atoms with E-state index in [4.69, 9.17) is 15.6 Å². The molecule has 6 nitrogen and oxygen atoms in total. The van der Waals surface area contributed by atoms with E-state index in [-0.39, 0.29) is 12.7 Å². The predicted octanol–water partition coefficient (Wildman–Crippen LogP) is 0.0365. The minimum atomic E-state index is 0.0842. The zero-order chi connectivity index (χ0) is 12.1. The molecule has 1 aliphatic heterocycles. The van der Waals surface area contributed by atoms with Crippen molar-refractivity contribution >= 4 is 11.6 Å². The summed E-state index contributed by atoms with van der Waals surface area (Å²) in [5.74, 6) is 1.27. The molecule has 0 amide bonds. The van der Waals surface area contributed by atoms with Crippen LogP contribution in [0, 0.1) is 0 Å². The highest BCUT2D eigenvalue weighted by atomic mass is 16.5. The van der Waals surface area contributed by atoms with Gasteiger partial charge in [0.15, 0.2) is 0 Å². The maximum Gasteiger partial charge on any atom is 0.149 e. The summed E-state index contributed by atoms with van der Waals surface area (Å²) in [4.78, 5) is 10.4. The molecule has 1 aromatic rings. The molecule has 1 saturated heterocycles. The van der Waals surface area contributed by atoms with Crippen LogP contribution in [0.4, 0.5) is 11.6 Å². The van der Waals surface area contributed by atoms with E-state index in [1.165, 1.54) is 0 Å². The summed E-state index contributed by atoms with van der Waals surface area (Å²) in [6.07, 6.45) is 5.39. The van der Waals surface area contributed by atoms with Gasteiger partial charge in [-0.1, -0.05) is 0 Å².